The summed E-state index contributed by atoms with van der Waals surface area (Å²) in [5.74, 6) is 0.626. The van der Waals surface area contributed by atoms with Gasteiger partial charge in [-0.2, -0.15) is 0 Å². The van der Waals surface area contributed by atoms with E-state index in [0.717, 1.165) is 44.9 Å². The molecule has 8 aromatic carbocycles. The SMILES string of the molecule is c1ccc(-c2nc3cccc(-c4cccc(N(c5ccccc5)c5ccc6ccc7c8ccccc8ccc7c6c5)c4)c3o2)cc1. The zero-order valence-corrected chi connectivity index (χ0v) is 25.0. The van der Waals surface area contributed by atoms with Crippen LogP contribution in [0.5, 0.6) is 0 Å². The van der Waals surface area contributed by atoms with Crippen LogP contribution in [0.25, 0.3) is 66.0 Å². The maximum absolute atomic E-state index is 6.40. The van der Waals surface area contributed by atoms with E-state index in [1.54, 1.807) is 0 Å². The van der Waals surface area contributed by atoms with Gasteiger partial charge in [-0.05, 0) is 92.5 Å². The maximum atomic E-state index is 6.40. The molecule has 0 aliphatic carbocycles. The first-order chi connectivity index (χ1) is 22.8. The van der Waals surface area contributed by atoms with Gasteiger partial charge in [-0.15, -0.1) is 0 Å². The average molecular weight is 589 g/mol. The predicted molar refractivity (Wildman–Crippen MR) is 192 cm³/mol. The highest BCUT2D eigenvalue weighted by molar-refractivity contribution is 6.17. The van der Waals surface area contributed by atoms with Crippen LogP contribution in [0.3, 0.4) is 0 Å². The molecule has 3 heteroatoms. The Morgan fingerprint density at radius 1 is 0.413 bits per heavy atom. The number of hydrogen-bond acceptors (Lipinski definition) is 3. The Labute approximate surface area is 266 Å². The van der Waals surface area contributed by atoms with Crippen molar-refractivity contribution in [3.05, 3.63) is 170 Å². The van der Waals surface area contributed by atoms with Crippen LogP contribution >= 0.6 is 0 Å². The predicted octanol–water partition coefficient (Wildman–Crippen LogP) is 12.1. The molecular formula is C43H28N2O. The molecule has 0 saturated heterocycles. The topological polar surface area (TPSA) is 29.3 Å². The molecule has 9 aromatic rings. The van der Waals surface area contributed by atoms with Gasteiger partial charge in [0.1, 0.15) is 5.52 Å². The van der Waals surface area contributed by atoms with E-state index in [2.05, 4.69) is 138 Å². The van der Waals surface area contributed by atoms with E-state index in [4.69, 9.17) is 9.40 Å². The van der Waals surface area contributed by atoms with E-state index < -0.39 is 0 Å². The fraction of sp³-hybridized carbons (Fsp3) is 0. The summed E-state index contributed by atoms with van der Waals surface area (Å²) in [6.07, 6.45) is 0. The molecule has 0 unspecified atom stereocenters. The number of nitrogens with zero attached hydrogens (tertiary/aromatic N) is 2. The van der Waals surface area contributed by atoms with Crippen LogP contribution in [0.4, 0.5) is 17.1 Å². The molecule has 0 amide bonds. The van der Waals surface area contributed by atoms with E-state index >= 15 is 0 Å². The first-order valence-electron chi connectivity index (χ1n) is 15.5. The summed E-state index contributed by atoms with van der Waals surface area (Å²) in [6, 6.07) is 59.9. The lowest BCUT2D eigenvalue weighted by molar-refractivity contribution is 0.621. The molecule has 0 saturated carbocycles. The fourth-order valence-corrected chi connectivity index (χ4v) is 6.66. The lowest BCUT2D eigenvalue weighted by atomic mass is 9.96. The second-order valence-electron chi connectivity index (χ2n) is 11.6. The van der Waals surface area contributed by atoms with Crippen molar-refractivity contribution >= 4 is 60.5 Å². The second-order valence-corrected chi connectivity index (χ2v) is 11.6. The zero-order chi connectivity index (χ0) is 30.5. The Morgan fingerprint density at radius 3 is 1.89 bits per heavy atom. The molecule has 46 heavy (non-hydrogen) atoms. The normalized spacial score (nSPS) is 11.5. The largest absolute Gasteiger partial charge is 0.435 e. The van der Waals surface area contributed by atoms with Gasteiger partial charge in [0.15, 0.2) is 5.58 Å². The van der Waals surface area contributed by atoms with Gasteiger partial charge in [0.2, 0.25) is 5.89 Å². The molecule has 216 valence electrons. The van der Waals surface area contributed by atoms with Crippen LogP contribution < -0.4 is 4.90 Å². The van der Waals surface area contributed by atoms with Crippen molar-refractivity contribution in [1.29, 1.82) is 0 Å². The standard InChI is InChI=1S/C43H28N2O/c1-3-12-31(13-4-1)43-44-41-20-10-19-37(42(41)46-43)32-14-9-17-34(27-32)45(33-15-5-2-6-16-33)35-24-21-30-23-25-38-36-18-8-7-11-29(36)22-26-39(38)40(30)28-35/h1-28H. The van der Waals surface area contributed by atoms with Crippen LogP contribution in [0, 0.1) is 0 Å². The van der Waals surface area contributed by atoms with Crippen molar-refractivity contribution in [2.75, 3.05) is 4.90 Å². The maximum Gasteiger partial charge on any atom is 0.227 e. The fourth-order valence-electron chi connectivity index (χ4n) is 6.66. The molecule has 0 spiro atoms. The monoisotopic (exact) mass is 588 g/mol. The molecule has 1 heterocycles. The van der Waals surface area contributed by atoms with Crippen LogP contribution in [0.15, 0.2) is 174 Å². The molecule has 0 N–H and O–H groups in total. The van der Waals surface area contributed by atoms with Crippen molar-refractivity contribution in [1.82, 2.24) is 4.98 Å². The average Bonchev–Trinajstić information content (AvgIpc) is 3.57. The van der Waals surface area contributed by atoms with Crippen molar-refractivity contribution in [3.63, 3.8) is 0 Å². The second kappa shape index (κ2) is 10.8. The lowest BCUT2D eigenvalue weighted by Gasteiger charge is -2.26. The van der Waals surface area contributed by atoms with Gasteiger partial charge in [0.25, 0.3) is 0 Å². The van der Waals surface area contributed by atoms with Crippen molar-refractivity contribution < 1.29 is 4.42 Å². The number of oxazole rings is 1. The van der Waals surface area contributed by atoms with Crippen LogP contribution in [0.1, 0.15) is 0 Å². The minimum Gasteiger partial charge on any atom is -0.435 e. The first-order valence-corrected chi connectivity index (χ1v) is 15.5. The van der Waals surface area contributed by atoms with Gasteiger partial charge < -0.3 is 9.32 Å². The van der Waals surface area contributed by atoms with Gasteiger partial charge in [-0.25, -0.2) is 4.98 Å². The molecule has 0 bridgehead atoms. The molecule has 9 rings (SSSR count). The number of fused-ring (bicyclic) bond motifs is 6. The van der Waals surface area contributed by atoms with Gasteiger partial charge in [-0.1, -0.05) is 115 Å². The number of anilines is 3. The Balaban J connectivity index is 1.21. The van der Waals surface area contributed by atoms with Crippen molar-refractivity contribution in [2.24, 2.45) is 0 Å². The third-order valence-electron chi connectivity index (χ3n) is 8.85. The van der Waals surface area contributed by atoms with E-state index in [9.17, 15) is 0 Å². The van der Waals surface area contributed by atoms with E-state index in [1.165, 1.54) is 32.3 Å². The number of hydrogen-bond donors (Lipinski definition) is 0. The van der Waals surface area contributed by atoms with Crippen LogP contribution in [-0.4, -0.2) is 4.98 Å². The molecule has 0 fully saturated rings. The summed E-state index contributed by atoms with van der Waals surface area (Å²) in [6.45, 7) is 0. The Kier molecular flexibility index (Phi) is 6.14. The molecule has 1 aromatic heterocycles. The molecule has 0 aliphatic heterocycles. The minimum absolute atomic E-state index is 0.626. The highest BCUT2D eigenvalue weighted by Gasteiger charge is 2.17. The third kappa shape index (κ3) is 4.41. The zero-order valence-electron chi connectivity index (χ0n) is 25.0. The number of rotatable bonds is 5. The Bertz CT molecular complexity index is 2530. The van der Waals surface area contributed by atoms with Crippen LogP contribution in [-0.2, 0) is 0 Å². The highest BCUT2D eigenvalue weighted by Crippen LogP contribution is 2.41. The summed E-state index contributed by atoms with van der Waals surface area (Å²) < 4.78 is 6.40. The summed E-state index contributed by atoms with van der Waals surface area (Å²) in [7, 11) is 0. The molecule has 0 radical (unpaired) electrons. The van der Waals surface area contributed by atoms with E-state index in [1.807, 2.05) is 36.4 Å². The van der Waals surface area contributed by atoms with Gasteiger partial charge >= 0.3 is 0 Å². The number of benzene rings is 8. The van der Waals surface area contributed by atoms with E-state index in [-0.39, 0.29) is 0 Å². The van der Waals surface area contributed by atoms with Gasteiger partial charge in [0, 0.05) is 28.2 Å². The number of para-hydroxylation sites is 2. The van der Waals surface area contributed by atoms with E-state index in [0.29, 0.717) is 5.89 Å². The quantitative estimate of drug-likeness (QED) is 0.187. The first kappa shape index (κ1) is 26.2. The molecular weight excluding hydrogens is 560 g/mol. The summed E-state index contributed by atoms with van der Waals surface area (Å²) in [4.78, 5) is 7.15. The Hall–Kier alpha value is -6.19. The highest BCUT2D eigenvalue weighted by atomic mass is 16.3. The number of aromatic nitrogens is 1. The summed E-state index contributed by atoms with van der Waals surface area (Å²) in [5, 5.41) is 7.51. The lowest BCUT2D eigenvalue weighted by Crippen LogP contribution is -2.09. The summed E-state index contributed by atoms with van der Waals surface area (Å²) in [5.41, 5.74) is 7.93. The minimum atomic E-state index is 0.626. The van der Waals surface area contributed by atoms with Crippen molar-refractivity contribution in [3.8, 4) is 22.6 Å². The van der Waals surface area contributed by atoms with Gasteiger partial charge in [-0.3, -0.25) is 0 Å². The van der Waals surface area contributed by atoms with Gasteiger partial charge in [0.05, 0.1) is 0 Å². The smallest absolute Gasteiger partial charge is 0.227 e. The molecule has 0 atom stereocenters. The van der Waals surface area contributed by atoms with Crippen LogP contribution in [0.2, 0.25) is 0 Å². The summed E-state index contributed by atoms with van der Waals surface area (Å²) >= 11 is 0. The van der Waals surface area contributed by atoms with Crippen molar-refractivity contribution in [2.45, 2.75) is 0 Å². The third-order valence-corrected chi connectivity index (χ3v) is 8.85. The molecule has 3 nitrogen and oxygen atoms in total. The molecule has 0 aliphatic rings. The Morgan fingerprint density at radius 2 is 1.04 bits per heavy atom.